The summed E-state index contributed by atoms with van der Waals surface area (Å²) in [6.07, 6.45) is 0. The Balaban J connectivity index is 2.59. The second kappa shape index (κ2) is 5.96. The van der Waals surface area contributed by atoms with Crippen LogP contribution in [0.5, 0.6) is 5.75 Å². The van der Waals surface area contributed by atoms with Crippen molar-refractivity contribution in [1.29, 1.82) is 0 Å². The van der Waals surface area contributed by atoms with E-state index in [1.54, 1.807) is 0 Å². The molecule has 0 atom stereocenters. The zero-order valence-corrected chi connectivity index (χ0v) is 13.6. The molecule has 2 heteroatoms. The second-order valence-electron chi connectivity index (χ2n) is 7.47. The van der Waals surface area contributed by atoms with Gasteiger partial charge in [-0.3, -0.25) is 0 Å². The third-order valence-electron chi connectivity index (χ3n) is 3.09. The largest absolute Gasteiger partial charge is 0.493 e. The van der Waals surface area contributed by atoms with Crippen LogP contribution < -0.4 is 4.74 Å². The zero-order chi connectivity index (χ0) is 14.7. The molecule has 1 aromatic rings. The Hall–Kier alpha value is -1.02. The smallest absolute Gasteiger partial charge is 0.119 e. The molecule has 0 fully saturated rings. The molecular formula is C17H29NO. The minimum Gasteiger partial charge on any atom is -0.493 e. The summed E-state index contributed by atoms with van der Waals surface area (Å²) in [5, 5.41) is 0. The van der Waals surface area contributed by atoms with Crippen molar-refractivity contribution < 1.29 is 4.74 Å². The van der Waals surface area contributed by atoms with Crippen molar-refractivity contribution in [1.82, 2.24) is 4.90 Å². The summed E-state index contributed by atoms with van der Waals surface area (Å²) < 4.78 is 5.91. The maximum atomic E-state index is 5.91. The Morgan fingerprint density at radius 1 is 0.947 bits per heavy atom. The van der Waals surface area contributed by atoms with E-state index in [0.717, 1.165) is 18.9 Å². The number of ether oxygens (including phenoxy) is 1. The number of rotatable bonds is 5. The highest BCUT2D eigenvalue weighted by Crippen LogP contribution is 2.25. The second-order valence-corrected chi connectivity index (χ2v) is 7.47. The highest BCUT2D eigenvalue weighted by atomic mass is 16.5. The highest BCUT2D eigenvalue weighted by molar-refractivity contribution is 5.31. The molecule has 0 spiro atoms. The monoisotopic (exact) mass is 263 g/mol. The molecule has 0 N–H and O–H groups in total. The van der Waals surface area contributed by atoms with Gasteiger partial charge in [0.25, 0.3) is 0 Å². The molecule has 2 nitrogen and oxygen atoms in total. The van der Waals surface area contributed by atoms with Crippen LogP contribution in [0.4, 0.5) is 0 Å². The lowest BCUT2D eigenvalue weighted by molar-refractivity contribution is 0.141. The average Bonchev–Trinajstić information content (AvgIpc) is 2.24. The molecule has 0 saturated heterocycles. The fraction of sp³-hybridized carbons (Fsp3) is 0.647. The molecule has 0 radical (unpaired) electrons. The summed E-state index contributed by atoms with van der Waals surface area (Å²) in [5.41, 5.74) is 1.70. The van der Waals surface area contributed by atoms with E-state index < -0.39 is 0 Å². The topological polar surface area (TPSA) is 12.5 Å². The van der Waals surface area contributed by atoms with Crippen molar-refractivity contribution in [2.75, 3.05) is 27.2 Å². The zero-order valence-electron chi connectivity index (χ0n) is 13.6. The number of hydrogen-bond acceptors (Lipinski definition) is 2. The quantitative estimate of drug-likeness (QED) is 0.797. The summed E-state index contributed by atoms with van der Waals surface area (Å²) in [6.45, 7) is 12.9. The van der Waals surface area contributed by atoms with E-state index in [4.69, 9.17) is 4.74 Å². The molecule has 0 aliphatic rings. The van der Waals surface area contributed by atoms with Crippen LogP contribution in [0.2, 0.25) is 0 Å². The van der Waals surface area contributed by atoms with Gasteiger partial charge in [0, 0.05) is 12.0 Å². The van der Waals surface area contributed by atoms with Crippen molar-refractivity contribution in [3.8, 4) is 5.75 Å². The molecule has 0 aliphatic heterocycles. The van der Waals surface area contributed by atoms with E-state index in [2.05, 4.69) is 77.9 Å². The molecule has 0 bridgehead atoms. The predicted molar refractivity (Wildman–Crippen MR) is 83.0 cm³/mol. The molecule has 0 saturated carbocycles. The summed E-state index contributed by atoms with van der Waals surface area (Å²) in [4.78, 5) is 2.20. The molecule has 108 valence electrons. The van der Waals surface area contributed by atoms with Crippen molar-refractivity contribution in [3.63, 3.8) is 0 Å². The molecule has 0 aromatic heterocycles. The molecule has 0 heterocycles. The molecule has 1 aromatic carbocycles. The maximum Gasteiger partial charge on any atom is 0.119 e. The first-order valence-corrected chi connectivity index (χ1v) is 6.98. The van der Waals surface area contributed by atoms with Crippen LogP contribution in [0.15, 0.2) is 24.3 Å². The van der Waals surface area contributed by atoms with Crippen LogP contribution in [0.3, 0.4) is 0 Å². The lowest BCUT2D eigenvalue weighted by atomic mass is 9.87. The molecule has 1 rings (SSSR count). The minimum absolute atomic E-state index is 0.159. The van der Waals surface area contributed by atoms with Crippen LogP contribution in [-0.2, 0) is 5.41 Å². The Labute approximate surface area is 118 Å². The molecule has 0 amide bonds. The normalized spacial score (nSPS) is 12.8. The SMILES string of the molecule is CN(C)CC(C)(C)COc1ccc(C(C)(C)C)cc1. The molecule has 19 heavy (non-hydrogen) atoms. The lowest BCUT2D eigenvalue weighted by Crippen LogP contribution is -2.33. The van der Waals surface area contributed by atoms with Gasteiger partial charge in [0.15, 0.2) is 0 Å². The van der Waals surface area contributed by atoms with E-state index in [-0.39, 0.29) is 10.8 Å². The van der Waals surface area contributed by atoms with Gasteiger partial charge >= 0.3 is 0 Å². The van der Waals surface area contributed by atoms with Gasteiger partial charge in [-0.25, -0.2) is 0 Å². The first kappa shape index (κ1) is 16.0. The number of benzene rings is 1. The van der Waals surface area contributed by atoms with Gasteiger partial charge < -0.3 is 9.64 Å². The van der Waals surface area contributed by atoms with Gasteiger partial charge in [0.1, 0.15) is 5.75 Å². The van der Waals surface area contributed by atoms with Crippen molar-refractivity contribution in [3.05, 3.63) is 29.8 Å². The van der Waals surface area contributed by atoms with Crippen LogP contribution in [-0.4, -0.2) is 32.1 Å². The van der Waals surface area contributed by atoms with Gasteiger partial charge in [-0.2, -0.15) is 0 Å². The molecule has 0 aliphatic carbocycles. The van der Waals surface area contributed by atoms with E-state index >= 15 is 0 Å². The Bertz CT molecular complexity index is 385. The fourth-order valence-electron chi connectivity index (χ4n) is 2.23. The van der Waals surface area contributed by atoms with Gasteiger partial charge in [-0.1, -0.05) is 46.8 Å². The highest BCUT2D eigenvalue weighted by Gasteiger charge is 2.20. The van der Waals surface area contributed by atoms with Crippen molar-refractivity contribution in [2.45, 2.75) is 40.0 Å². The van der Waals surface area contributed by atoms with Gasteiger partial charge in [0.2, 0.25) is 0 Å². The van der Waals surface area contributed by atoms with E-state index in [9.17, 15) is 0 Å². The lowest BCUT2D eigenvalue weighted by Gasteiger charge is -2.28. The first-order chi connectivity index (χ1) is 8.60. The minimum atomic E-state index is 0.159. The third-order valence-corrected chi connectivity index (χ3v) is 3.09. The number of nitrogens with zero attached hydrogens (tertiary/aromatic N) is 1. The van der Waals surface area contributed by atoms with Crippen molar-refractivity contribution >= 4 is 0 Å². The van der Waals surface area contributed by atoms with Gasteiger partial charge in [-0.05, 0) is 37.2 Å². The van der Waals surface area contributed by atoms with Gasteiger partial charge in [-0.15, -0.1) is 0 Å². The van der Waals surface area contributed by atoms with Gasteiger partial charge in [0.05, 0.1) is 6.61 Å². The van der Waals surface area contributed by atoms with Crippen LogP contribution >= 0.6 is 0 Å². The molecular weight excluding hydrogens is 234 g/mol. The third kappa shape index (κ3) is 5.65. The van der Waals surface area contributed by atoms with E-state index in [1.165, 1.54) is 5.56 Å². The van der Waals surface area contributed by atoms with Crippen LogP contribution in [0.25, 0.3) is 0 Å². The maximum absolute atomic E-state index is 5.91. The van der Waals surface area contributed by atoms with Crippen molar-refractivity contribution in [2.24, 2.45) is 5.41 Å². The predicted octanol–water partition coefficient (Wildman–Crippen LogP) is 3.95. The first-order valence-electron chi connectivity index (χ1n) is 6.98. The fourth-order valence-corrected chi connectivity index (χ4v) is 2.23. The standard InChI is InChI=1S/C17H29NO/c1-16(2,3)14-8-10-15(11-9-14)19-13-17(4,5)12-18(6)7/h8-11H,12-13H2,1-7H3. The Morgan fingerprint density at radius 2 is 1.47 bits per heavy atom. The average molecular weight is 263 g/mol. The Morgan fingerprint density at radius 3 is 1.89 bits per heavy atom. The van der Waals surface area contributed by atoms with Crippen LogP contribution in [0, 0.1) is 5.41 Å². The Kier molecular flexibility index (Phi) is 5.03. The summed E-state index contributed by atoms with van der Waals surface area (Å²) in [5.74, 6) is 0.958. The van der Waals surface area contributed by atoms with Crippen LogP contribution in [0.1, 0.15) is 40.2 Å². The van der Waals surface area contributed by atoms with E-state index in [0.29, 0.717) is 0 Å². The summed E-state index contributed by atoms with van der Waals surface area (Å²) in [6, 6.07) is 8.47. The number of hydrogen-bond donors (Lipinski definition) is 0. The summed E-state index contributed by atoms with van der Waals surface area (Å²) in [7, 11) is 4.19. The summed E-state index contributed by atoms with van der Waals surface area (Å²) >= 11 is 0. The molecule has 0 unspecified atom stereocenters. The van der Waals surface area contributed by atoms with E-state index in [1.807, 2.05) is 0 Å².